The van der Waals surface area contributed by atoms with Crippen LogP contribution in [0.3, 0.4) is 0 Å². The molecule has 0 unspecified atom stereocenters. The molecule has 3 nitrogen and oxygen atoms in total. The van der Waals surface area contributed by atoms with Crippen molar-refractivity contribution in [3.8, 4) is 0 Å². The van der Waals surface area contributed by atoms with Crippen molar-refractivity contribution in [3.63, 3.8) is 0 Å². The highest BCUT2D eigenvalue weighted by atomic mass is 16.5. The lowest BCUT2D eigenvalue weighted by atomic mass is 10.0. The molecule has 1 aliphatic heterocycles. The summed E-state index contributed by atoms with van der Waals surface area (Å²) in [6, 6.07) is 20.2. The smallest absolute Gasteiger partial charge is 0.106 e. The van der Waals surface area contributed by atoms with Gasteiger partial charge in [-0.3, -0.25) is 4.90 Å². The molecule has 1 N–H and O–H groups in total. The first-order valence-electron chi connectivity index (χ1n) is 7.44. The highest BCUT2D eigenvalue weighted by Crippen LogP contribution is 2.22. The molecule has 1 aliphatic rings. The summed E-state index contributed by atoms with van der Waals surface area (Å²) in [5.74, 6) is 0. The Hall–Kier alpha value is -1.68. The molecule has 2 atom stereocenters. The summed E-state index contributed by atoms with van der Waals surface area (Å²) in [5.41, 5.74) is 2.22. The van der Waals surface area contributed by atoms with E-state index >= 15 is 0 Å². The van der Waals surface area contributed by atoms with Crippen LogP contribution in [0.4, 0.5) is 0 Å². The van der Waals surface area contributed by atoms with Crippen LogP contribution in [-0.2, 0) is 11.3 Å². The minimum absolute atomic E-state index is 0.162. The van der Waals surface area contributed by atoms with Gasteiger partial charge in [-0.2, -0.15) is 0 Å². The first kappa shape index (κ1) is 14.3. The molecule has 0 amide bonds. The Morgan fingerprint density at radius 2 is 1.71 bits per heavy atom. The number of aliphatic hydroxyl groups excluding tert-OH is 1. The van der Waals surface area contributed by atoms with Crippen LogP contribution in [-0.4, -0.2) is 35.8 Å². The van der Waals surface area contributed by atoms with Gasteiger partial charge in [0.25, 0.3) is 0 Å². The first-order valence-corrected chi connectivity index (χ1v) is 7.44. The minimum Gasteiger partial charge on any atom is -0.386 e. The predicted octanol–water partition coefficient (Wildman–Crippen LogP) is 2.62. The largest absolute Gasteiger partial charge is 0.386 e. The number of rotatable bonds is 4. The van der Waals surface area contributed by atoms with E-state index in [0.717, 1.165) is 25.2 Å². The molecule has 0 spiro atoms. The van der Waals surface area contributed by atoms with Crippen LogP contribution in [0.15, 0.2) is 60.7 Å². The summed E-state index contributed by atoms with van der Waals surface area (Å²) in [5, 5.41) is 10.5. The molecule has 1 fully saturated rings. The van der Waals surface area contributed by atoms with Crippen molar-refractivity contribution in [2.45, 2.75) is 18.8 Å². The van der Waals surface area contributed by atoms with Gasteiger partial charge in [-0.05, 0) is 11.1 Å². The van der Waals surface area contributed by atoms with Gasteiger partial charge in [0.05, 0.1) is 6.61 Å². The average Bonchev–Trinajstić information content (AvgIpc) is 2.56. The third-order valence-corrected chi connectivity index (χ3v) is 3.92. The van der Waals surface area contributed by atoms with Crippen molar-refractivity contribution < 1.29 is 9.84 Å². The maximum absolute atomic E-state index is 10.5. The zero-order valence-corrected chi connectivity index (χ0v) is 12.1. The van der Waals surface area contributed by atoms with Crippen LogP contribution in [0, 0.1) is 0 Å². The van der Waals surface area contributed by atoms with Gasteiger partial charge >= 0.3 is 0 Å². The number of morpholine rings is 1. The molecular formula is C18H21NO2. The topological polar surface area (TPSA) is 32.7 Å². The maximum Gasteiger partial charge on any atom is 0.106 e. The van der Waals surface area contributed by atoms with Crippen molar-refractivity contribution in [2.75, 3.05) is 19.7 Å². The number of aliphatic hydroxyl groups is 1. The Kier molecular flexibility index (Phi) is 4.65. The van der Waals surface area contributed by atoms with Gasteiger partial charge in [0.15, 0.2) is 0 Å². The van der Waals surface area contributed by atoms with E-state index in [4.69, 9.17) is 4.74 Å². The first-order chi connectivity index (χ1) is 10.3. The minimum atomic E-state index is -0.565. The van der Waals surface area contributed by atoms with E-state index in [9.17, 15) is 5.11 Å². The van der Waals surface area contributed by atoms with E-state index in [1.807, 2.05) is 36.4 Å². The van der Waals surface area contributed by atoms with Gasteiger partial charge in [-0.1, -0.05) is 60.7 Å². The molecule has 21 heavy (non-hydrogen) atoms. The third-order valence-electron chi connectivity index (χ3n) is 3.92. The Labute approximate surface area is 125 Å². The summed E-state index contributed by atoms with van der Waals surface area (Å²) >= 11 is 0. The van der Waals surface area contributed by atoms with Crippen LogP contribution in [0.2, 0.25) is 0 Å². The van der Waals surface area contributed by atoms with Crippen molar-refractivity contribution in [1.29, 1.82) is 0 Å². The molecule has 3 heteroatoms. The summed E-state index contributed by atoms with van der Waals surface area (Å²) in [7, 11) is 0. The molecule has 0 aliphatic carbocycles. The lowest BCUT2D eigenvalue weighted by Gasteiger charge is -2.35. The van der Waals surface area contributed by atoms with Crippen LogP contribution >= 0.6 is 0 Å². The van der Waals surface area contributed by atoms with Crippen LogP contribution in [0.25, 0.3) is 0 Å². The molecule has 2 aromatic carbocycles. The highest BCUT2D eigenvalue weighted by molar-refractivity contribution is 5.19. The summed E-state index contributed by atoms with van der Waals surface area (Å²) < 4.78 is 5.77. The van der Waals surface area contributed by atoms with Gasteiger partial charge < -0.3 is 9.84 Å². The molecule has 0 aromatic heterocycles. The second-order valence-corrected chi connectivity index (χ2v) is 5.49. The fourth-order valence-corrected chi connectivity index (χ4v) is 2.77. The van der Waals surface area contributed by atoms with Gasteiger partial charge in [-0.25, -0.2) is 0 Å². The molecular weight excluding hydrogens is 262 g/mol. The summed E-state index contributed by atoms with van der Waals surface area (Å²) in [6.07, 6.45) is -0.727. The van der Waals surface area contributed by atoms with Crippen LogP contribution in [0.5, 0.6) is 0 Å². The summed E-state index contributed by atoms with van der Waals surface area (Å²) in [6.45, 7) is 3.24. The standard InChI is InChI=1S/C18H21NO2/c20-18(16-9-5-2-6-10-16)17-14-19(11-12-21-17)13-15-7-3-1-4-8-15/h1-10,17-18,20H,11-14H2/t17-,18-/m0/s1. The fourth-order valence-electron chi connectivity index (χ4n) is 2.77. The lowest BCUT2D eigenvalue weighted by Crippen LogP contribution is -2.44. The highest BCUT2D eigenvalue weighted by Gasteiger charge is 2.27. The average molecular weight is 283 g/mol. The predicted molar refractivity (Wildman–Crippen MR) is 82.9 cm³/mol. The Balaban J connectivity index is 1.63. The normalized spacial score (nSPS) is 21.1. The van der Waals surface area contributed by atoms with Crippen LogP contribution in [0.1, 0.15) is 17.2 Å². The fraction of sp³-hybridized carbons (Fsp3) is 0.333. The second-order valence-electron chi connectivity index (χ2n) is 5.49. The Morgan fingerprint density at radius 3 is 2.43 bits per heavy atom. The van der Waals surface area contributed by atoms with Crippen LogP contribution < -0.4 is 0 Å². The van der Waals surface area contributed by atoms with Gasteiger partial charge in [0.2, 0.25) is 0 Å². The van der Waals surface area contributed by atoms with Gasteiger partial charge in [0, 0.05) is 19.6 Å². The third kappa shape index (κ3) is 3.70. The van der Waals surface area contributed by atoms with E-state index in [1.54, 1.807) is 0 Å². The van der Waals surface area contributed by atoms with E-state index in [2.05, 4.69) is 29.2 Å². The quantitative estimate of drug-likeness (QED) is 0.936. The van der Waals surface area contributed by atoms with Gasteiger partial charge in [0.1, 0.15) is 12.2 Å². The van der Waals surface area contributed by atoms with Crippen molar-refractivity contribution >= 4 is 0 Å². The van der Waals surface area contributed by atoms with E-state index in [0.29, 0.717) is 6.61 Å². The van der Waals surface area contributed by atoms with E-state index in [1.165, 1.54) is 5.56 Å². The molecule has 1 saturated heterocycles. The number of hydrogen-bond donors (Lipinski definition) is 1. The lowest BCUT2D eigenvalue weighted by molar-refractivity contribution is -0.0918. The molecule has 2 aromatic rings. The summed E-state index contributed by atoms with van der Waals surface area (Å²) in [4.78, 5) is 2.34. The molecule has 0 radical (unpaired) electrons. The molecule has 110 valence electrons. The van der Waals surface area contributed by atoms with Crippen molar-refractivity contribution in [1.82, 2.24) is 4.90 Å². The SMILES string of the molecule is O[C@@H](c1ccccc1)[C@@H]1CN(Cc2ccccc2)CCO1. The Bertz CT molecular complexity index is 544. The second kappa shape index (κ2) is 6.85. The number of hydrogen-bond acceptors (Lipinski definition) is 3. The molecule has 0 saturated carbocycles. The zero-order chi connectivity index (χ0) is 14.5. The molecule has 1 heterocycles. The maximum atomic E-state index is 10.5. The molecule has 0 bridgehead atoms. The van der Waals surface area contributed by atoms with Crippen molar-refractivity contribution in [2.24, 2.45) is 0 Å². The zero-order valence-electron chi connectivity index (χ0n) is 12.1. The monoisotopic (exact) mass is 283 g/mol. The number of benzene rings is 2. The Morgan fingerprint density at radius 1 is 1.05 bits per heavy atom. The number of nitrogens with zero attached hydrogens (tertiary/aromatic N) is 1. The van der Waals surface area contributed by atoms with Crippen molar-refractivity contribution in [3.05, 3.63) is 71.8 Å². The van der Waals surface area contributed by atoms with E-state index < -0.39 is 6.10 Å². The molecule has 3 rings (SSSR count). The van der Waals surface area contributed by atoms with E-state index in [-0.39, 0.29) is 6.10 Å². The number of ether oxygens (including phenoxy) is 1. The van der Waals surface area contributed by atoms with Gasteiger partial charge in [-0.15, -0.1) is 0 Å².